The van der Waals surface area contributed by atoms with Gasteiger partial charge in [-0.1, -0.05) is 30.3 Å². The summed E-state index contributed by atoms with van der Waals surface area (Å²) in [5, 5.41) is 9.76. The van der Waals surface area contributed by atoms with E-state index < -0.39 is 11.9 Å². The zero-order valence-electron chi connectivity index (χ0n) is 8.76. The van der Waals surface area contributed by atoms with E-state index in [4.69, 9.17) is 11.6 Å². The molecule has 1 atom stereocenters. The molecule has 1 unspecified atom stereocenters. The van der Waals surface area contributed by atoms with Crippen LogP contribution in [0.2, 0.25) is 0 Å². The summed E-state index contributed by atoms with van der Waals surface area (Å²) in [6, 6.07) is 7.52. The van der Waals surface area contributed by atoms with E-state index in [-0.39, 0.29) is 11.7 Å². The number of ketones is 1. The molecule has 0 radical (unpaired) electrons. The van der Waals surface area contributed by atoms with Gasteiger partial charge in [-0.3, -0.25) is 14.8 Å². The molecule has 86 valence electrons. The lowest BCUT2D eigenvalue weighted by Gasteiger charge is -2.20. The fourth-order valence-electron chi connectivity index (χ4n) is 1.23. The van der Waals surface area contributed by atoms with Gasteiger partial charge in [0.05, 0.1) is 0 Å². The second kappa shape index (κ2) is 5.63. The Morgan fingerprint density at radius 2 is 1.94 bits per heavy atom. The van der Waals surface area contributed by atoms with E-state index in [2.05, 4.69) is 0 Å². The zero-order chi connectivity index (χ0) is 12.1. The molecule has 5 heteroatoms. The van der Waals surface area contributed by atoms with Gasteiger partial charge in [0.2, 0.25) is 0 Å². The predicted molar refractivity (Wildman–Crippen MR) is 59.6 cm³/mol. The minimum Gasteiger partial charge on any atom is -0.292 e. The first kappa shape index (κ1) is 12.7. The number of alkyl halides is 1. The largest absolute Gasteiger partial charge is 0.292 e. The molecule has 1 N–H and O–H groups in total. The third-order valence-electron chi connectivity index (χ3n) is 2.17. The van der Waals surface area contributed by atoms with Gasteiger partial charge in [0.1, 0.15) is 11.9 Å². The zero-order valence-corrected chi connectivity index (χ0v) is 9.52. The summed E-state index contributed by atoms with van der Waals surface area (Å²) in [5.41, 5.74) is 0.441. The Labute approximate surface area is 98.4 Å². The van der Waals surface area contributed by atoms with Crippen LogP contribution in [0.25, 0.3) is 0 Å². The number of halogens is 1. The number of hydrogen-bond donors (Lipinski definition) is 1. The summed E-state index contributed by atoms with van der Waals surface area (Å²) in [6.45, 7) is 1.44. The van der Waals surface area contributed by atoms with E-state index in [0.29, 0.717) is 10.6 Å². The van der Waals surface area contributed by atoms with Crippen LogP contribution in [-0.4, -0.2) is 33.9 Å². The van der Waals surface area contributed by atoms with Crippen molar-refractivity contribution in [3.05, 3.63) is 35.9 Å². The van der Waals surface area contributed by atoms with E-state index in [0.717, 1.165) is 0 Å². The maximum Gasteiger partial charge on any atom is 0.261 e. The molecule has 1 amide bonds. The molecule has 4 nitrogen and oxygen atoms in total. The number of hydrogen-bond acceptors (Lipinski definition) is 3. The summed E-state index contributed by atoms with van der Waals surface area (Å²) < 4.78 is 0. The van der Waals surface area contributed by atoms with Crippen LogP contribution >= 0.6 is 11.6 Å². The topological polar surface area (TPSA) is 57.6 Å². The van der Waals surface area contributed by atoms with Gasteiger partial charge in [-0.2, -0.15) is 0 Å². The first-order valence-corrected chi connectivity index (χ1v) is 5.27. The highest BCUT2D eigenvalue weighted by atomic mass is 35.5. The van der Waals surface area contributed by atoms with Gasteiger partial charge in [-0.15, -0.1) is 11.6 Å². The molecule has 0 heterocycles. The Bertz CT molecular complexity index is 380. The summed E-state index contributed by atoms with van der Waals surface area (Å²) in [4.78, 5) is 22.9. The molecule has 0 saturated carbocycles. The molecule has 16 heavy (non-hydrogen) atoms. The van der Waals surface area contributed by atoms with Crippen molar-refractivity contribution in [1.82, 2.24) is 5.06 Å². The molecular weight excluding hydrogens is 230 g/mol. The lowest BCUT2D eigenvalue weighted by Crippen LogP contribution is -2.41. The van der Waals surface area contributed by atoms with Gasteiger partial charge in [-0.05, 0) is 6.92 Å². The average molecular weight is 242 g/mol. The molecule has 0 spiro atoms. The molecular formula is C11H12ClNO3. The summed E-state index contributed by atoms with van der Waals surface area (Å²) in [7, 11) is 0. The Morgan fingerprint density at radius 3 is 2.44 bits per heavy atom. The summed E-state index contributed by atoms with van der Waals surface area (Å²) in [6.07, 6.45) is 0. The van der Waals surface area contributed by atoms with Crippen molar-refractivity contribution >= 4 is 23.3 Å². The number of hydroxylamine groups is 2. The monoisotopic (exact) mass is 241 g/mol. The SMILES string of the molecule is CC(C(=O)c1ccccc1)N(O)C(=O)CCl. The van der Waals surface area contributed by atoms with Crippen molar-refractivity contribution < 1.29 is 14.8 Å². The van der Waals surface area contributed by atoms with E-state index >= 15 is 0 Å². The van der Waals surface area contributed by atoms with Crippen molar-refractivity contribution in [3.8, 4) is 0 Å². The molecule has 0 aliphatic rings. The lowest BCUT2D eigenvalue weighted by atomic mass is 10.1. The standard InChI is InChI=1S/C11H12ClNO3/c1-8(13(16)10(14)7-12)11(15)9-5-3-2-4-6-9/h2-6,8,16H,7H2,1H3. The second-order valence-corrected chi connectivity index (χ2v) is 3.55. The third-order valence-corrected chi connectivity index (χ3v) is 2.40. The Balaban J connectivity index is 2.79. The van der Waals surface area contributed by atoms with Crippen LogP contribution in [0.5, 0.6) is 0 Å². The van der Waals surface area contributed by atoms with E-state index in [1.165, 1.54) is 6.92 Å². The fourth-order valence-corrected chi connectivity index (χ4v) is 1.35. The molecule has 1 rings (SSSR count). The lowest BCUT2D eigenvalue weighted by molar-refractivity contribution is -0.167. The molecule has 0 fully saturated rings. The van der Waals surface area contributed by atoms with Gasteiger partial charge in [0.15, 0.2) is 5.78 Å². The van der Waals surface area contributed by atoms with Gasteiger partial charge >= 0.3 is 0 Å². The quantitative estimate of drug-likeness (QED) is 0.378. The van der Waals surface area contributed by atoms with Crippen molar-refractivity contribution in [2.75, 3.05) is 5.88 Å². The first-order valence-electron chi connectivity index (χ1n) is 4.74. The van der Waals surface area contributed by atoms with Gasteiger partial charge in [0.25, 0.3) is 5.91 Å². The van der Waals surface area contributed by atoms with Crippen LogP contribution in [0, 0.1) is 0 Å². The predicted octanol–water partition coefficient (Wildman–Crippen LogP) is 1.71. The van der Waals surface area contributed by atoms with E-state index in [1.54, 1.807) is 30.3 Å². The highest BCUT2D eigenvalue weighted by molar-refractivity contribution is 6.27. The van der Waals surface area contributed by atoms with Crippen LogP contribution in [0.1, 0.15) is 17.3 Å². The summed E-state index contributed by atoms with van der Waals surface area (Å²) >= 11 is 5.28. The number of carbonyl (C=O) groups is 2. The number of rotatable bonds is 4. The molecule has 0 aromatic heterocycles. The van der Waals surface area contributed by atoms with Gasteiger partial charge < -0.3 is 0 Å². The van der Waals surface area contributed by atoms with Crippen molar-refractivity contribution in [1.29, 1.82) is 0 Å². The molecule has 1 aromatic carbocycles. The average Bonchev–Trinajstić information content (AvgIpc) is 2.36. The fraction of sp³-hybridized carbons (Fsp3) is 0.273. The maximum absolute atomic E-state index is 11.8. The normalized spacial score (nSPS) is 11.9. The Kier molecular flexibility index (Phi) is 4.46. The van der Waals surface area contributed by atoms with Crippen LogP contribution in [0.15, 0.2) is 30.3 Å². The molecule has 0 aliphatic carbocycles. The number of nitrogens with zero attached hydrogens (tertiary/aromatic N) is 1. The minimum atomic E-state index is -0.936. The Hall–Kier alpha value is -1.39. The third kappa shape index (κ3) is 2.81. The highest BCUT2D eigenvalue weighted by Crippen LogP contribution is 2.08. The summed E-state index contributed by atoms with van der Waals surface area (Å²) in [5.74, 6) is -1.39. The van der Waals surface area contributed by atoms with E-state index in [1.807, 2.05) is 0 Å². The van der Waals surface area contributed by atoms with Crippen LogP contribution in [-0.2, 0) is 4.79 Å². The van der Waals surface area contributed by atoms with Crippen molar-refractivity contribution in [3.63, 3.8) is 0 Å². The number of amides is 1. The molecule has 0 aliphatic heterocycles. The van der Waals surface area contributed by atoms with E-state index in [9.17, 15) is 14.8 Å². The smallest absolute Gasteiger partial charge is 0.261 e. The molecule has 0 bridgehead atoms. The van der Waals surface area contributed by atoms with Crippen molar-refractivity contribution in [2.24, 2.45) is 0 Å². The number of benzene rings is 1. The number of carbonyl (C=O) groups excluding carboxylic acids is 2. The van der Waals surface area contributed by atoms with Gasteiger partial charge in [-0.25, -0.2) is 5.06 Å². The van der Waals surface area contributed by atoms with Gasteiger partial charge in [0, 0.05) is 5.56 Å². The number of Topliss-reactive ketones (excluding diaryl/α,β-unsaturated/α-hetero) is 1. The minimum absolute atomic E-state index is 0.332. The molecule has 1 aromatic rings. The molecule has 0 saturated heterocycles. The maximum atomic E-state index is 11.8. The van der Waals surface area contributed by atoms with Crippen LogP contribution in [0.3, 0.4) is 0 Å². The second-order valence-electron chi connectivity index (χ2n) is 3.28. The van der Waals surface area contributed by atoms with Crippen molar-refractivity contribution in [2.45, 2.75) is 13.0 Å². The van der Waals surface area contributed by atoms with Crippen LogP contribution < -0.4 is 0 Å². The Morgan fingerprint density at radius 1 is 1.38 bits per heavy atom. The highest BCUT2D eigenvalue weighted by Gasteiger charge is 2.24. The van der Waals surface area contributed by atoms with Crippen LogP contribution in [0.4, 0.5) is 0 Å². The first-order chi connectivity index (χ1) is 7.57.